The molecule has 1 heterocycles. The van der Waals surface area contributed by atoms with Crippen molar-refractivity contribution in [2.75, 3.05) is 0 Å². The molecular formula is C14H17N5O4S. The highest BCUT2D eigenvalue weighted by atomic mass is 32.2. The van der Waals surface area contributed by atoms with Crippen molar-refractivity contribution in [3.63, 3.8) is 0 Å². The highest BCUT2D eigenvalue weighted by molar-refractivity contribution is 7.85. The number of nitrogens with two attached hydrogens (primary N) is 1. The molecule has 5 N–H and O–H groups in total. The number of aryl methyl sites for hydroxylation is 1. The summed E-state index contributed by atoms with van der Waals surface area (Å²) in [5.74, 6) is -0.167. The zero-order valence-corrected chi connectivity index (χ0v) is 13.6. The fourth-order valence-electron chi connectivity index (χ4n) is 1.34. The second-order valence-corrected chi connectivity index (χ2v) is 5.84. The van der Waals surface area contributed by atoms with E-state index in [2.05, 4.69) is 15.2 Å². The third-order valence-corrected chi connectivity index (χ3v) is 3.36. The summed E-state index contributed by atoms with van der Waals surface area (Å²) in [7, 11) is -4.02. The molecular weight excluding hydrogens is 334 g/mol. The van der Waals surface area contributed by atoms with Gasteiger partial charge in [0.05, 0.1) is 11.1 Å². The fourth-order valence-corrected chi connectivity index (χ4v) is 1.82. The third kappa shape index (κ3) is 7.45. The van der Waals surface area contributed by atoms with Gasteiger partial charge in [-0.1, -0.05) is 23.8 Å². The smallest absolute Gasteiger partial charge is 0.294 e. The normalized spacial score (nSPS) is 11.7. The van der Waals surface area contributed by atoms with Crippen molar-refractivity contribution < 1.29 is 18.2 Å². The first-order valence-corrected chi connectivity index (χ1v) is 7.97. The summed E-state index contributed by atoms with van der Waals surface area (Å²) in [6, 6.07) is 9.58. The van der Waals surface area contributed by atoms with E-state index in [1.165, 1.54) is 18.3 Å². The first-order valence-electron chi connectivity index (χ1n) is 6.53. The predicted octanol–water partition coefficient (Wildman–Crippen LogP) is 0.951. The lowest BCUT2D eigenvalue weighted by atomic mass is 10.2. The summed E-state index contributed by atoms with van der Waals surface area (Å²) < 4.78 is 29.6. The van der Waals surface area contributed by atoms with Crippen LogP contribution in [0.15, 0.2) is 63.9 Å². The Kier molecular flexibility index (Phi) is 7.49. The summed E-state index contributed by atoms with van der Waals surface area (Å²) in [5.41, 5.74) is 8.50. The molecule has 10 heteroatoms. The molecule has 9 nitrogen and oxygen atoms in total. The van der Waals surface area contributed by atoms with E-state index < -0.39 is 10.1 Å². The van der Waals surface area contributed by atoms with Gasteiger partial charge < -0.3 is 5.73 Å². The van der Waals surface area contributed by atoms with Gasteiger partial charge in [-0.15, -0.1) is 5.10 Å². The highest BCUT2D eigenvalue weighted by Crippen LogP contribution is 2.08. The quantitative estimate of drug-likeness (QED) is 0.278. The molecule has 0 saturated heterocycles. The number of guanidine groups is 1. The molecule has 0 radical (unpaired) electrons. The Bertz CT molecular complexity index is 790. The van der Waals surface area contributed by atoms with Crippen molar-refractivity contribution in [3.8, 4) is 0 Å². The monoisotopic (exact) mass is 351 g/mol. The summed E-state index contributed by atoms with van der Waals surface area (Å²) >= 11 is 0. The number of hydrogen-bond donors (Lipinski definition) is 4. The lowest BCUT2D eigenvalue weighted by molar-refractivity contribution is 0.232. The van der Waals surface area contributed by atoms with E-state index >= 15 is 0 Å². The molecule has 2 rings (SSSR count). The van der Waals surface area contributed by atoms with E-state index in [0.717, 1.165) is 11.1 Å². The van der Waals surface area contributed by atoms with E-state index in [-0.39, 0.29) is 10.9 Å². The molecule has 0 aliphatic carbocycles. The molecule has 1 aromatic carbocycles. The minimum Gasteiger partial charge on any atom is -0.367 e. The molecule has 24 heavy (non-hydrogen) atoms. The second kappa shape index (κ2) is 9.35. The van der Waals surface area contributed by atoms with Crippen LogP contribution >= 0.6 is 0 Å². The number of aromatic nitrogens is 1. The van der Waals surface area contributed by atoms with Crippen molar-refractivity contribution in [1.29, 1.82) is 0 Å². The maximum absolute atomic E-state index is 10.5. The van der Waals surface area contributed by atoms with Gasteiger partial charge in [0.25, 0.3) is 10.1 Å². The average Bonchev–Trinajstić information content (AvgIpc) is 2.56. The Morgan fingerprint density at radius 3 is 2.46 bits per heavy atom. The molecule has 0 spiro atoms. The summed E-state index contributed by atoms with van der Waals surface area (Å²) in [6.07, 6.45) is 4.75. The van der Waals surface area contributed by atoms with Gasteiger partial charge in [-0.2, -0.15) is 13.5 Å². The van der Waals surface area contributed by atoms with Gasteiger partial charge in [0.2, 0.25) is 5.96 Å². The van der Waals surface area contributed by atoms with Crippen molar-refractivity contribution in [2.45, 2.75) is 11.8 Å². The van der Waals surface area contributed by atoms with Crippen LogP contribution in [0.3, 0.4) is 0 Å². The Morgan fingerprint density at radius 1 is 1.29 bits per heavy atom. The average molecular weight is 351 g/mol. The molecule has 0 fully saturated rings. The van der Waals surface area contributed by atoms with E-state index in [1.807, 2.05) is 13.0 Å². The van der Waals surface area contributed by atoms with Crippen molar-refractivity contribution >= 4 is 22.3 Å². The first-order chi connectivity index (χ1) is 11.3. The maximum Gasteiger partial charge on any atom is 0.294 e. The van der Waals surface area contributed by atoms with Crippen LogP contribution in [0.4, 0.5) is 0 Å². The van der Waals surface area contributed by atoms with Crippen LogP contribution in [0.1, 0.15) is 11.1 Å². The number of hydrogen-bond acceptors (Lipinski definition) is 6. The number of rotatable bonds is 3. The Labute approximate surface area is 139 Å². The summed E-state index contributed by atoms with van der Waals surface area (Å²) in [6.45, 7) is 1.84. The van der Waals surface area contributed by atoms with Gasteiger partial charge in [-0.25, -0.2) is 5.48 Å². The van der Waals surface area contributed by atoms with Crippen LogP contribution in [-0.4, -0.2) is 35.3 Å². The minimum atomic E-state index is -4.02. The molecule has 2 aromatic rings. The zero-order chi connectivity index (χ0) is 18.0. The molecule has 0 bridgehead atoms. The molecule has 1 aromatic heterocycles. The summed E-state index contributed by atoms with van der Waals surface area (Å²) in [5, 5.41) is 15.2. The SMILES string of the molecule is Cc1ccc(S(=O)(=O)O)cc1.NC(=N/N=C/c1cccnc1)NO. The lowest BCUT2D eigenvalue weighted by Gasteiger charge is -1.95. The molecule has 0 saturated carbocycles. The Balaban J connectivity index is 0.000000243. The lowest BCUT2D eigenvalue weighted by Crippen LogP contribution is -2.27. The Morgan fingerprint density at radius 2 is 1.96 bits per heavy atom. The molecule has 128 valence electrons. The first kappa shape index (κ1) is 19.2. The van der Waals surface area contributed by atoms with Crippen molar-refractivity contribution in [1.82, 2.24) is 10.5 Å². The maximum atomic E-state index is 10.5. The minimum absolute atomic E-state index is 0.0666. The van der Waals surface area contributed by atoms with Crippen LogP contribution in [0, 0.1) is 6.92 Å². The van der Waals surface area contributed by atoms with Crippen LogP contribution in [0.5, 0.6) is 0 Å². The van der Waals surface area contributed by atoms with Crippen molar-refractivity contribution in [3.05, 3.63) is 59.9 Å². The van der Waals surface area contributed by atoms with E-state index in [1.54, 1.807) is 36.1 Å². The molecule has 0 amide bonds. The van der Waals surface area contributed by atoms with Crippen molar-refractivity contribution in [2.24, 2.45) is 15.9 Å². The van der Waals surface area contributed by atoms with Gasteiger partial charge in [0.1, 0.15) is 0 Å². The molecule has 0 atom stereocenters. The molecule has 0 aliphatic heterocycles. The van der Waals surface area contributed by atoms with E-state index in [4.69, 9.17) is 15.5 Å². The van der Waals surface area contributed by atoms with Crippen LogP contribution < -0.4 is 11.2 Å². The second-order valence-electron chi connectivity index (χ2n) is 4.42. The number of nitrogens with zero attached hydrogens (tertiary/aromatic N) is 3. The van der Waals surface area contributed by atoms with Gasteiger partial charge in [0, 0.05) is 18.0 Å². The Hall–Kier alpha value is -2.82. The van der Waals surface area contributed by atoms with Gasteiger partial charge in [-0.3, -0.25) is 14.7 Å². The highest BCUT2D eigenvalue weighted by Gasteiger charge is 2.06. The van der Waals surface area contributed by atoms with Gasteiger partial charge >= 0.3 is 0 Å². The fraction of sp³-hybridized carbons (Fsp3) is 0.0714. The topological polar surface area (TPSA) is 150 Å². The number of benzene rings is 1. The predicted molar refractivity (Wildman–Crippen MR) is 89.4 cm³/mol. The molecule has 0 unspecified atom stereocenters. The molecule has 0 aliphatic rings. The number of hydroxylamine groups is 1. The zero-order valence-electron chi connectivity index (χ0n) is 12.7. The van der Waals surface area contributed by atoms with Crippen LogP contribution in [-0.2, 0) is 10.1 Å². The number of nitrogens with one attached hydrogen (secondary N) is 1. The van der Waals surface area contributed by atoms with E-state index in [0.29, 0.717) is 0 Å². The van der Waals surface area contributed by atoms with Crippen LogP contribution in [0.25, 0.3) is 0 Å². The third-order valence-electron chi connectivity index (χ3n) is 2.49. The standard InChI is InChI=1S/C7H9N5O.C7H8O3S/c8-7(12-13)11-10-5-6-2-1-3-9-4-6;1-6-2-4-7(5-3-6)11(8,9)10/h1-5,13H,(H3,8,11,12);2-5H,1H3,(H,8,9,10)/b10-5+;. The number of pyridine rings is 1. The largest absolute Gasteiger partial charge is 0.367 e. The van der Waals surface area contributed by atoms with Gasteiger partial charge in [-0.05, 0) is 25.1 Å². The summed E-state index contributed by atoms with van der Waals surface area (Å²) in [4.78, 5) is 3.80. The van der Waals surface area contributed by atoms with Crippen LogP contribution in [0.2, 0.25) is 0 Å². The van der Waals surface area contributed by atoms with E-state index in [9.17, 15) is 8.42 Å². The van der Waals surface area contributed by atoms with Gasteiger partial charge in [0.15, 0.2) is 0 Å².